The van der Waals surface area contributed by atoms with Gasteiger partial charge in [-0.3, -0.25) is 14.9 Å². The summed E-state index contributed by atoms with van der Waals surface area (Å²) < 4.78 is 0. The van der Waals surface area contributed by atoms with Gasteiger partial charge in [-0.1, -0.05) is 37.3 Å². The average molecular weight is 248 g/mol. The molecule has 2 N–H and O–H groups in total. The maximum absolute atomic E-state index is 11.8. The van der Waals surface area contributed by atoms with Crippen molar-refractivity contribution in [2.24, 2.45) is 0 Å². The molecule has 97 valence electrons. The Morgan fingerprint density at radius 1 is 1.28 bits per heavy atom. The normalized spacial score (nSPS) is 11.7. The summed E-state index contributed by atoms with van der Waals surface area (Å²) in [6.07, 6.45) is -0.740. The second-order valence-corrected chi connectivity index (χ2v) is 3.83. The number of nitrogens with zero attached hydrogens (tertiary/aromatic N) is 1. The quantitative estimate of drug-likeness (QED) is 0.715. The predicted octanol–water partition coefficient (Wildman–Crippen LogP) is 0.389. The number of rotatable bonds is 6. The van der Waals surface area contributed by atoms with Crippen molar-refractivity contribution in [3.8, 4) is 0 Å². The van der Waals surface area contributed by atoms with E-state index in [1.54, 1.807) is 0 Å². The maximum atomic E-state index is 11.8. The summed E-state index contributed by atoms with van der Waals surface area (Å²) in [7, 11) is 0. The predicted molar refractivity (Wildman–Crippen MR) is 68.6 cm³/mol. The minimum absolute atomic E-state index is 0.260. The minimum atomic E-state index is -0.740. The summed E-state index contributed by atoms with van der Waals surface area (Å²) in [6.45, 7) is 4.13. The molecule has 0 saturated carbocycles. The molecule has 5 heteroatoms. The second kappa shape index (κ2) is 7.45. The van der Waals surface area contributed by atoms with Crippen LogP contribution in [-0.4, -0.2) is 24.5 Å². The minimum Gasteiger partial charge on any atom is -0.333 e. The lowest BCUT2D eigenvalue weighted by atomic mass is 10.2. The summed E-state index contributed by atoms with van der Waals surface area (Å²) in [5.74, 6) is -0.625. The standard InChI is InChI=1S/C13H18N3O2/c1-3-14-12(16-10(2)17)13(18)15-9-11-7-5-4-6-8-11/h4-8,12,14H,3,9H2,1-2H3,(H,16,17). The van der Waals surface area contributed by atoms with Gasteiger partial charge >= 0.3 is 0 Å². The van der Waals surface area contributed by atoms with Crippen LogP contribution in [0.3, 0.4) is 0 Å². The zero-order valence-corrected chi connectivity index (χ0v) is 10.6. The van der Waals surface area contributed by atoms with Gasteiger partial charge < -0.3 is 5.32 Å². The molecule has 1 unspecified atom stereocenters. The van der Waals surface area contributed by atoms with Crippen molar-refractivity contribution in [2.45, 2.75) is 26.6 Å². The van der Waals surface area contributed by atoms with E-state index in [2.05, 4.69) is 16.0 Å². The van der Waals surface area contributed by atoms with E-state index < -0.39 is 6.17 Å². The molecule has 18 heavy (non-hydrogen) atoms. The molecule has 1 rings (SSSR count). The fourth-order valence-corrected chi connectivity index (χ4v) is 1.45. The van der Waals surface area contributed by atoms with Crippen LogP contribution in [-0.2, 0) is 16.1 Å². The lowest BCUT2D eigenvalue weighted by molar-refractivity contribution is -0.129. The highest BCUT2D eigenvalue weighted by Gasteiger charge is 2.18. The van der Waals surface area contributed by atoms with E-state index in [1.807, 2.05) is 37.3 Å². The number of carbonyl (C=O) groups is 2. The number of amides is 2. The zero-order chi connectivity index (χ0) is 13.4. The zero-order valence-electron chi connectivity index (χ0n) is 10.6. The first-order valence-corrected chi connectivity index (χ1v) is 5.89. The van der Waals surface area contributed by atoms with Crippen LogP contribution in [0.2, 0.25) is 0 Å². The molecule has 1 radical (unpaired) electrons. The smallest absolute Gasteiger partial charge is 0.279 e. The van der Waals surface area contributed by atoms with E-state index in [0.29, 0.717) is 13.1 Å². The molecule has 0 fully saturated rings. The van der Waals surface area contributed by atoms with Crippen LogP contribution < -0.4 is 16.0 Å². The Labute approximate surface area is 107 Å². The number of carbonyl (C=O) groups excluding carboxylic acids is 2. The molecule has 0 spiro atoms. The third-order valence-corrected chi connectivity index (χ3v) is 2.26. The van der Waals surface area contributed by atoms with Crippen molar-refractivity contribution in [1.82, 2.24) is 16.0 Å². The topological polar surface area (TPSA) is 72.3 Å². The summed E-state index contributed by atoms with van der Waals surface area (Å²) >= 11 is 0. The third kappa shape index (κ3) is 4.97. The van der Waals surface area contributed by atoms with Crippen LogP contribution in [0.4, 0.5) is 0 Å². The van der Waals surface area contributed by atoms with Gasteiger partial charge in [-0.2, -0.15) is 0 Å². The number of likely N-dealkylation sites (N-methyl/N-ethyl adjacent to an activating group) is 1. The first-order valence-electron chi connectivity index (χ1n) is 5.89. The number of hydrogen-bond acceptors (Lipinski definition) is 3. The van der Waals surface area contributed by atoms with Gasteiger partial charge in [0.15, 0.2) is 6.17 Å². The highest BCUT2D eigenvalue weighted by Crippen LogP contribution is 1.98. The Kier molecular flexibility index (Phi) is 5.87. The van der Waals surface area contributed by atoms with E-state index in [0.717, 1.165) is 5.56 Å². The molecule has 1 aromatic carbocycles. The number of nitrogens with one attached hydrogen (secondary N) is 2. The van der Waals surface area contributed by atoms with Gasteiger partial charge in [-0.05, 0) is 12.1 Å². The Hall–Kier alpha value is -1.88. The molecule has 0 aliphatic carbocycles. The first kappa shape index (κ1) is 14.2. The lowest BCUT2D eigenvalue weighted by Gasteiger charge is -2.16. The molecule has 1 aromatic rings. The van der Waals surface area contributed by atoms with Crippen LogP contribution in [0, 0.1) is 0 Å². The lowest BCUT2D eigenvalue weighted by Crippen LogP contribution is -2.52. The SMILES string of the molecule is CCNC(NC(C)=O)C(=O)[N]Cc1ccccc1. The van der Waals surface area contributed by atoms with Gasteiger partial charge in [0.05, 0.1) is 6.54 Å². The van der Waals surface area contributed by atoms with Crippen molar-refractivity contribution in [2.75, 3.05) is 6.54 Å². The summed E-state index contributed by atoms with van der Waals surface area (Å²) in [6, 6.07) is 9.49. The summed E-state index contributed by atoms with van der Waals surface area (Å²) in [5, 5.41) is 9.35. The maximum Gasteiger partial charge on any atom is 0.279 e. The summed E-state index contributed by atoms with van der Waals surface area (Å²) in [5.41, 5.74) is 0.962. The molecular weight excluding hydrogens is 230 g/mol. The van der Waals surface area contributed by atoms with Gasteiger partial charge in [0.1, 0.15) is 0 Å². The van der Waals surface area contributed by atoms with E-state index >= 15 is 0 Å². The number of benzene rings is 1. The third-order valence-electron chi connectivity index (χ3n) is 2.26. The Morgan fingerprint density at radius 2 is 1.94 bits per heavy atom. The van der Waals surface area contributed by atoms with Gasteiger partial charge in [0, 0.05) is 6.92 Å². The average Bonchev–Trinajstić information content (AvgIpc) is 2.36. The Balaban J connectivity index is 2.48. The first-order chi connectivity index (χ1) is 8.63. The van der Waals surface area contributed by atoms with Crippen molar-refractivity contribution in [3.63, 3.8) is 0 Å². The van der Waals surface area contributed by atoms with Crippen LogP contribution >= 0.6 is 0 Å². The van der Waals surface area contributed by atoms with Crippen LogP contribution in [0.1, 0.15) is 19.4 Å². The van der Waals surface area contributed by atoms with Crippen LogP contribution in [0.25, 0.3) is 0 Å². The molecule has 2 amide bonds. The molecule has 0 aromatic heterocycles. The van der Waals surface area contributed by atoms with E-state index in [4.69, 9.17) is 0 Å². The molecule has 0 bridgehead atoms. The van der Waals surface area contributed by atoms with Crippen molar-refractivity contribution in [3.05, 3.63) is 35.9 Å². The van der Waals surface area contributed by atoms with Gasteiger partial charge in [0.2, 0.25) is 5.91 Å². The van der Waals surface area contributed by atoms with Crippen molar-refractivity contribution >= 4 is 11.8 Å². The molecule has 5 nitrogen and oxygen atoms in total. The molecule has 0 aliphatic heterocycles. The molecule has 0 saturated heterocycles. The largest absolute Gasteiger partial charge is 0.333 e. The van der Waals surface area contributed by atoms with Crippen molar-refractivity contribution in [1.29, 1.82) is 0 Å². The highest BCUT2D eigenvalue weighted by atomic mass is 16.2. The highest BCUT2D eigenvalue weighted by molar-refractivity contribution is 5.86. The van der Waals surface area contributed by atoms with Gasteiger partial charge in [-0.15, -0.1) is 0 Å². The van der Waals surface area contributed by atoms with Crippen LogP contribution in [0.5, 0.6) is 0 Å². The van der Waals surface area contributed by atoms with Gasteiger partial charge in [-0.25, -0.2) is 5.32 Å². The Bertz CT molecular complexity index is 392. The number of hydrogen-bond donors (Lipinski definition) is 2. The Morgan fingerprint density at radius 3 is 2.50 bits per heavy atom. The van der Waals surface area contributed by atoms with Gasteiger partial charge in [0.25, 0.3) is 5.91 Å². The molecular formula is C13H18N3O2. The fourth-order valence-electron chi connectivity index (χ4n) is 1.45. The van der Waals surface area contributed by atoms with E-state index in [-0.39, 0.29) is 11.8 Å². The monoisotopic (exact) mass is 248 g/mol. The molecule has 0 heterocycles. The van der Waals surface area contributed by atoms with Crippen molar-refractivity contribution < 1.29 is 9.59 Å². The van der Waals surface area contributed by atoms with Crippen LogP contribution in [0.15, 0.2) is 30.3 Å². The fraction of sp³-hybridized carbons (Fsp3) is 0.385. The second-order valence-electron chi connectivity index (χ2n) is 3.83. The molecule has 0 aliphatic rings. The molecule has 1 atom stereocenters. The summed E-state index contributed by atoms with van der Waals surface area (Å²) in [4.78, 5) is 22.8. The van der Waals surface area contributed by atoms with E-state index in [9.17, 15) is 9.59 Å². The van der Waals surface area contributed by atoms with E-state index in [1.165, 1.54) is 6.92 Å².